The number of amides is 1. The van der Waals surface area contributed by atoms with Gasteiger partial charge in [-0.2, -0.15) is 4.31 Å². The average Bonchev–Trinajstić information content (AvgIpc) is 3.21. The number of benzene rings is 1. The fourth-order valence-electron chi connectivity index (χ4n) is 3.58. The molecule has 1 N–H and O–H groups in total. The van der Waals surface area contributed by atoms with E-state index in [9.17, 15) is 13.2 Å². The lowest BCUT2D eigenvalue weighted by molar-refractivity contribution is 0.0730. The van der Waals surface area contributed by atoms with Crippen molar-refractivity contribution in [2.24, 2.45) is 0 Å². The fraction of sp³-hybridized carbons (Fsp3) is 0.450. The summed E-state index contributed by atoms with van der Waals surface area (Å²) in [5.41, 5.74) is 2.17. The van der Waals surface area contributed by atoms with Gasteiger partial charge < -0.3 is 19.7 Å². The smallest absolute Gasteiger partial charge is 0.266 e. The van der Waals surface area contributed by atoms with E-state index in [4.69, 9.17) is 9.47 Å². The van der Waals surface area contributed by atoms with Crippen LogP contribution in [0.4, 0.5) is 11.4 Å². The van der Waals surface area contributed by atoms with Gasteiger partial charge in [0.15, 0.2) is 0 Å². The van der Waals surface area contributed by atoms with Crippen LogP contribution in [0.5, 0.6) is 0 Å². The second-order valence-electron chi connectivity index (χ2n) is 7.18. The molecule has 0 aliphatic carbocycles. The molecule has 0 bridgehead atoms. The van der Waals surface area contributed by atoms with Gasteiger partial charge in [-0.15, -0.1) is 11.3 Å². The molecule has 2 saturated heterocycles. The number of rotatable bonds is 5. The lowest BCUT2D eigenvalue weighted by Crippen LogP contribution is -2.40. The first-order valence-electron chi connectivity index (χ1n) is 9.87. The maximum atomic E-state index is 13.1. The summed E-state index contributed by atoms with van der Waals surface area (Å²) in [7, 11) is -3.67. The van der Waals surface area contributed by atoms with E-state index < -0.39 is 10.0 Å². The van der Waals surface area contributed by atoms with Crippen LogP contribution in [0.2, 0.25) is 0 Å². The van der Waals surface area contributed by atoms with Crippen molar-refractivity contribution in [1.82, 2.24) is 4.31 Å². The van der Waals surface area contributed by atoms with Gasteiger partial charge in [0.2, 0.25) is 10.0 Å². The maximum absolute atomic E-state index is 13.1. The van der Waals surface area contributed by atoms with Crippen LogP contribution >= 0.6 is 11.3 Å². The van der Waals surface area contributed by atoms with Gasteiger partial charge in [0.25, 0.3) is 5.91 Å². The zero-order valence-electron chi connectivity index (χ0n) is 16.8. The number of nitrogens with zero attached hydrogens (tertiary/aromatic N) is 2. The Morgan fingerprint density at radius 3 is 2.33 bits per heavy atom. The highest BCUT2D eigenvalue weighted by Gasteiger charge is 2.28. The molecular formula is C20H25N3O5S2. The molecule has 0 radical (unpaired) electrons. The van der Waals surface area contributed by atoms with Crippen LogP contribution in [0, 0.1) is 6.92 Å². The molecule has 3 heterocycles. The third kappa shape index (κ3) is 4.37. The van der Waals surface area contributed by atoms with Gasteiger partial charge in [-0.25, -0.2) is 8.42 Å². The number of ether oxygens (including phenoxy) is 2. The Kier molecular flexibility index (Phi) is 6.40. The van der Waals surface area contributed by atoms with Gasteiger partial charge in [-0.05, 0) is 42.1 Å². The van der Waals surface area contributed by atoms with Crippen molar-refractivity contribution in [3.63, 3.8) is 0 Å². The zero-order chi connectivity index (χ0) is 21.1. The van der Waals surface area contributed by atoms with Crippen LogP contribution in [0.1, 0.15) is 15.2 Å². The molecule has 10 heteroatoms. The van der Waals surface area contributed by atoms with Gasteiger partial charge in [0.05, 0.1) is 47.6 Å². The number of carbonyl (C=O) groups excluding carboxylic acids is 1. The Bertz CT molecular complexity index is 1010. The average molecular weight is 452 g/mol. The van der Waals surface area contributed by atoms with Crippen molar-refractivity contribution in [3.05, 3.63) is 40.1 Å². The van der Waals surface area contributed by atoms with Gasteiger partial charge in [-0.1, -0.05) is 0 Å². The minimum absolute atomic E-state index is 0.166. The van der Waals surface area contributed by atoms with Crippen LogP contribution < -0.4 is 10.2 Å². The normalized spacial score (nSPS) is 18.4. The summed E-state index contributed by atoms with van der Waals surface area (Å²) in [5.74, 6) is -0.238. The number of anilines is 2. The molecule has 2 aromatic rings. The van der Waals surface area contributed by atoms with Crippen LogP contribution in [0.25, 0.3) is 0 Å². The monoisotopic (exact) mass is 451 g/mol. The number of morpholine rings is 2. The number of nitrogens with one attached hydrogen (secondary N) is 1. The Morgan fingerprint density at radius 1 is 1.03 bits per heavy atom. The predicted octanol–water partition coefficient (Wildman–Crippen LogP) is 2.17. The number of sulfonamides is 1. The fourth-order valence-corrected chi connectivity index (χ4v) is 5.83. The van der Waals surface area contributed by atoms with Crippen LogP contribution in [0.3, 0.4) is 0 Å². The molecule has 162 valence electrons. The van der Waals surface area contributed by atoms with E-state index in [-0.39, 0.29) is 10.8 Å². The molecule has 30 heavy (non-hydrogen) atoms. The topological polar surface area (TPSA) is 88.2 Å². The molecule has 8 nitrogen and oxygen atoms in total. The molecule has 0 spiro atoms. The highest BCUT2D eigenvalue weighted by molar-refractivity contribution is 7.89. The molecular weight excluding hydrogens is 426 g/mol. The van der Waals surface area contributed by atoms with Gasteiger partial charge in [-0.3, -0.25) is 4.79 Å². The number of hydrogen-bond acceptors (Lipinski definition) is 7. The number of hydrogen-bond donors (Lipinski definition) is 1. The summed E-state index contributed by atoms with van der Waals surface area (Å²) >= 11 is 1.36. The Labute approximate surface area is 180 Å². The largest absolute Gasteiger partial charge is 0.379 e. The molecule has 2 aliphatic heterocycles. The van der Waals surface area contributed by atoms with E-state index in [1.807, 2.05) is 18.4 Å². The molecule has 0 saturated carbocycles. The highest BCUT2D eigenvalue weighted by Crippen LogP contribution is 2.32. The highest BCUT2D eigenvalue weighted by atomic mass is 32.2. The molecule has 2 aliphatic rings. The Balaban J connectivity index is 1.69. The van der Waals surface area contributed by atoms with Crippen LogP contribution in [-0.4, -0.2) is 71.2 Å². The van der Waals surface area contributed by atoms with Crippen molar-refractivity contribution in [2.75, 3.05) is 62.8 Å². The quantitative estimate of drug-likeness (QED) is 0.750. The number of carbonyl (C=O) groups is 1. The van der Waals surface area contributed by atoms with E-state index in [0.29, 0.717) is 63.2 Å². The van der Waals surface area contributed by atoms with Crippen molar-refractivity contribution >= 4 is 38.6 Å². The Morgan fingerprint density at radius 2 is 1.70 bits per heavy atom. The lowest BCUT2D eigenvalue weighted by Gasteiger charge is -2.31. The number of aryl methyl sites for hydroxylation is 1. The molecule has 2 fully saturated rings. The first kappa shape index (κ1) is 21.3. The summed E-state index contributed by atoms with van der Waals surface area (Å²) in [4.78, 5) is 15.8. The summed E-state index contributed by atoms with van der Waals surface area (Å²) in [6.07, 6.45) is 0. The van der Waals surface area contributed by atoms with Gasteiger partial charge in [0, 0.05) is 26.2 Å². The van der Waals surface area contributed by atoms with E-state index in [1.165, 1.54) is 15.6 Å². The molecule has 1 aromatic carbocycles. The van der Waals surface area contributed by atoms with Crippen molar-refractivity contribution in [3.8, 4) is 0 Å². The first-order valence-corrected chi connectivity index (χ1v) is 12.2. The minimum atomic E-state index is -3.67. The molecule has 4 rings (SSSR count). The van der Waals surface area contributed by atoms with Crippen molar-refractivity contribution < 1.29 is 22.7 Å². The molecule has 1 aromatic heterocycles. The van der Waals surface area contributed by atoms with Gasteiger partial charge in [0.1, 0.15) is 0 Å². The second-order valence-corrected chi connectivity index (χ2v) is 10.0. The zero-order valence-corrected chi connectivity index (χ0v) is 18.4. The van der Waals surface area contributed by atoms with Crippen molar-refractivity contribution in [1.29, 1.82) is 0 Å². The van der Waals surface area contributed by atoms with Crippen LogP contribution in [-0.2, 0) is 19.5 Å². The maximum Gasteiger partial charge on any atom is 0.266 e. The molecule has 0 atom stereocenters. The summed E-state index contributed by atoms with van der Waals surface area (Å²) < 4.78 is 38.4. The van der Waals surface area contributed by atoms with Gasteiger partial charge >= 0.3 is 0 Å². The first-order chi connectivity index (χ1) is 14.5. The minimum Gasteiger partial charge on any atom is -0.379 e. The van der Waals surface area contributed by atoms with Crippen LogP contribution in [0.15, 0.2) is 34.5 Å². The number of thiophene rings is 1. The summed E-state index contributed by atoms with van der Waals surface area (Å²) in [5, 5.41) is 4.82. The third-order valence-corrected chi connectivity index (χ3v) is 8.15. The Hall–Kier alpha value is -1.98. The SMILES string of the molecule is Cc1ccsc1C(=O)Nc1cc(S(=O)(=O)N2CCOCC2)ccc1N1CCOCC1. The second kappa shape index (κ2) is 9.03. The van der Waals surface area contributed by atoms with E-state index in [2.05, 4.69) is 10.2 Å². The summed E-state index contributed by atoms with van der Waals surface area (Å²) in [6.45, 7) is 5.82. The molecule has 1 amide bonds. The summed E-state index contributed by atoms with van der Waals surface area (Å²) in [6, 6.07) is 6.84. The van der Waals surface area contributed by atoms with E-state index in [0.717, 1.165) is 11.3 Å². The van der Waals surface area contributed by atoms with E-state index >= 15 is 0 Å². The third-order valence-electron chi connectivity index (χ3n) is 5.24. The molecule has 0 unspecified atom stereocenters. The van der Waals surface area contributed by atoms with E-state index in [1.54, 1.807) is 18.2 Å². The predicted molar refractivity (Wildman–Crippen MR) is 116 cm³/mol. The van der Waals surface area contributed by atoms with Crippen molar-refractivity contribution in [2.45, 2.75) is 11.8 Å². The standard InChI is InChI=1S/C20H25N3O5S2/c1-15-4-13-29-19(15)20(24)21-17-14-16(30(25,26)23-7-11-28-12-8-23)2-3-18(17)22-5-9-27-10-6-22/h2-4,13-14H,5-12H2,1H3,(H,21,24). The lowest BCUT2D eigenvalue weighted by atomic mass is 10.2.